The van der Waals surface area contributed by atoms with Gasteiger partial charge in [0.2, 0.25) is 0 Å². The van der Waals surface area contributed by atoms with Gasteiger partial charge in [0.25, 0.3) is 0 Å². The molecular formula is C14H12ClFN2O2. The molecule has 0 fully saturated rings. The molecule has 0 heterocycles. The zero-order valence-corrected chi connectivity index (χ0v) is 11.4. The minimum Gasteiger partial charge on any atom is -0.455 e. The summed E-state index contributed by atoms with van der Waals surface area (Å²) >= 11 is 5.91. The highest BCUT2D eigenvalue weighted by Crippen LogP contribution is 2.32. The van der Waals surface area contributed by atoms with Gasteiger partial charge in [-0.05, 0) is 42.8 Å². The number of rotatable bonds is 3. The van der Waals surface area contributed by atoms with E-state index in [1.54, 1.807) is 18.2 Å². The maximum Gasteiger partial charge on any atom is 0.173 e. The van der Waals surface area contributed by atoms with Gasteiger partial charge in [-0.1, -0.05) is 22.8 Å². The summed E-state index contributed by atoms with van der Waals surface area (Å²) in [6.45, 7) is 1.87. The Labute approximate surface area is 120 Å². The Balaban J connectivity index is 2.44. The molecule has 20 heavy (non-hydrogen) atoms. The molecule has 0 aliphatic rings. The van der Waals surface area contributed by atoms with Crippen molar-refractivity contribution in [1.29, 1.82) is 0 Å². The van der Waals surface area contributed by atoms with Crippen LogP contribution in [-0.4, -0.2) is 11.0 Å². The predicted octanol–water partition coefficient (Wildman–Crippen LogP) is 3.67. The van der Waals surface area contributed by atoms with Gasteiger partial charge in [0.05, 0.1) is 10.6 Å². The normalized spacial score (nSPS) is 11.4. The largest absolute Gasteiger partial charge is 0.455 e. The molecule has 0 aliphatic carbocycles. The highest BCUT2D eigenvalue weighted by atomic mass is 35.5. The van der Waals surface area contributed by atoms with E-state index in [2.05, 4.69) is 5.16 Å². The molecule has 0 spiro atoms. The maximum absolute atomic E-state index is 13.0. The van der Waals surface area contributed by atoms with E-state index in [4.69, 9.17) is 27.3 Å². The number of nitrogens with zero attached hydrogens (tertiary/aromatic N) is 1. The van der Waals surface area contributed by atoms with E-state index in [9.17, 15) is 4.39 Å². The second-order valence-electron chi connectivity index (χ2n) is 4.16. The molecule has 0 atom stereocenters. The summed E-state index contributed by atoms with van der Waals surface area (Å²) in [6.07, 6.45) is 0. The number of amidine groups is 1. The molecule has 0 saturated carbocycles. The Kier molecular flexibility index (Phi) is 4.10. The summed E-state index contributed by atoms with van der Waals surface area (Å²) in [4.78, 5) is 0. The molecule has 2 aromatic carbocycles. The van der Waals surface area contributed by atoms with Gasteiger partial charge < -0.3 is 15.7 Å². The number of halogens is 2. The summed E-state index contributed by atoms with van der Waals surface area (Å²) in [5, 5.41) is 11.9. The van der Waals surface area contributed by atoms with Gasteiger partial charge in [-0.25, -0.2) is 4.39 Å². The van der Waals surface area contributed by atoms with Crippen molar-refractivity contribution in [3.8, 4) is 11.5 Å². The number of benzene rings is 2. The third-order valence-electron chi connectivity index (χ3n) is 2.63. The van der Waals surface area contributed by atoms with Crippen LogP contribution in [0.15, 0.2) is 41.6 Å². The fraction of sp³-hybridized carbons (Fsp3) is 0.0714. The van der Waals surface area contributed by atoms with Gasteiger partial charge in [-0.2, -0.15) is 0 Å². The van der Waals surface area contributed by atoms with Gasteiger partial charge in [0.15, 0.2) is 5.84 Å². The van der Waals surface area contributed by atoms with Gasteiger partial charge in [0, 0.05) is 0 Å². The fourth-order valence-electron chi connectivity index (χ4n) is 1.66. The average Bonchev–Trinajstić information content (AvgIpc) is 2.41. The van der Waals surface area contributed by atoms with Crippen LogP contribution in [0.5, 0.6) is 11.5 Å². The molecule has 104 valence electrons. The van der Waals surface area contributed by atoms with Crippen LogP contribution in [0.25, 0.3) is 0 Å². The Hall–Kier alpha value is -2.27. The second-order valence-corrected chi connectivity index (χ2v) is 4.57. The average molecular weight is 295 g/mol. The van der Waals surface area contributed by atoms with E-state index in [-0.39, 0.29) is 16.6 Å². The Bertz CT molecular complexity index is 674. The number of ether oxygens (including phenoxy) is 1. The molecule has 2 rings (SSSR count). The zero-order chi connectivity index (χ0) is 14.7. The van der Waals surface area contributed by atoms with Crippen molar-refractivity contribution in [2.45, 2.75) is 6.92 Å². The molecule has 0 amide bonds. The van der Waals surface area contributed by atoms with E-state index in [0.717, 1.165) is 11.6 Å². The van der Waals surface area contributed by atoms with E-state index in [1.165, 1.54) is 12.1 Å². The maximum atomic E-state index is 13.0. The van der Waals surface area contributed by atoms with Gasteiger partial charge >= 0.3 is 0 Å². The van der Waals surface area contributed by atoms with Crippen molar-refractivity contribution in [2.75, 3.05) is 0 Å². The lowest BCUT2D eigenvalue weighted by atomic mass is 10.1. The van der Waals surface area contributed by atoms with Crippen molar-refractivity contribution in [3.05, 3.63) is 58.4 Å². The molecule has 6 heteroatoms. The smallest absolute Gasteiger partial charge is 0.173 e. The van der Waals surface area contributed by atoms with Crippen molar-refractivity contribution >= 4 is 17.4 Å². The molecule has 2 aromatic rings. The van der Waals surface area contributed by atoms with Crippen LogP contribution in [0, 0.1) is 12.7 Å². The molecule has 0 bridgehead atoms. The van der Waals surface area contributed by atoms with E-state index in [0.29, 0.717) is 11.3 Å². The number of aryl methyl sites for hydroxylation is 1. The molecule has 0 aliphatic heterocycles. The zero-order valence-electron chi connectivity index (χ0n) is 10.6. The molecule has 0 saturated heterocycles. The molecule has 4 nitrogen and oxygen atoms in total. The summed E-state index contributed by atoms with van der Waals surface area (Å²) in [7, 11) is 0. The van der Waals surface area contributed by atoms with Crippen LogP contribution >= 0.6 is 11.6 Å². The van der Waals surface area contributed by atoms with Crippen molar-refractivity contribution in [3.63, 3.8) is 0 Å². The van der Waals surface area contributed by atoms with Crippen LogP contribution in [-0.2, 0) is 0 Å². The fourth-order valence-corrected chi connectivity index (χ4v) is 1.86. The van der Waals surface area contributed by atoms with E-state index in [1.807, 2.05) is 6.92 Å². The standard InChI is InChI=1S/C14H12ClFN2O2/c1-8-2-4-10(14(17)18-19)13(6-8)20-12-5-3-9(16)7-11(12)15/h2-7,19H,1H3,(H2,17,18). The highest BCUT2D eigenvalue weighted by Gasteiger charge is 2.12. The van der Waals surface area contributed by atoms with Crippen molar-refractivity contribution in [2.24, 2.45) is 10.9 Å². The minimum atomic E-state index is -0.455. The molecular weight excluding hydrogens is 283 g/mol. The number of oxime groups is 1. The first-order valence-corrected chi connectivity index (χ1v) is 6.10. The molecule has 0 aromatic heterocycles. The molecule has 0 radical (unpaired) electrons. The topological polar surface area (TPSA) is 67.8 Å². The van der Waals surface area contributed by atoms with Crippen LogP contribution in [0.1, 0.15) is 11.1 Å². The van der Waals surface area contributed by atoms with Gasteiger partial charge in [-0.3, -0.25) is 0 Å². The SMILES string of the molecule is Cc1ccc(C(N)=NO)c(Oc2ccc(F)cc2Cl)c1. The van der Waals surface area contributed by atoms with E-state index >= 15 is 0 Å². The van der Waals surface area contributed by atoms with Crippen LogP contribution in [0.2, 0.25) is 5.02 Å². The summed E-state index contributed by atoms with van der Waals surface area (Å²) in [6, 6.07) is 8.97. The Morgan fingerprint density at radius 2 is 2.00 bits per heavy atom. The van der Waals surface area contributed by atoms with Crippen LogP contribution in [0.3, 0.4) is 0 Å². The van der Waals surface area contributed by atoms with Crippen molar-refractivity contribution < 1.29 is 14.3 Å². The third-order valence-corrected chi connectivity index (χ3v) is 2.93. The summed E-state index contributed by atoms with van der Waals surface area (Å²) < 4.78 is 18.6. The Morgan fingerprint density at radius 3 is 2.65 bits per heavy atom. The first-order chi connectivity index (χ1) is 9.51. The lowest BCUT2D eigenvalue weighted by Crippen LogP contribution is -2.14. The second kappa shape index (κ2) is 5.79. The quantitative estimate of drug-likeness (QED) is 0.393. The lowest BCUT2D eigenvalue weighted by molar-refractivity contribution is 0.318. The van der Waals surface area contributed by atoms with Gasteiger partial charge in [0.1, 0.15) is 17.3 Å². The van der Waals surface area contributed by atoms with Crippen LogP contribution in [0.4, 0.5) is 4.39 Å². The molecule has 3 N–H and O–H groups in total. The Morgan fingerprint density at radius 1 is 1.25 bits per heavy atom. The number of hydrogen-bond donors (Lipinski definition) is 2. The summed E-state index contributed by atoms with van der Waals surface area (Å²) in [5.74, 6) is 0.112. The monoisotopic (exact) mass is 294 g/mol. The van der Waals surface area contributed by atoms with Crippen molar-refractivity contribution in [1.82, 2.24) is 0 Å². The first kappa shape index (κ1) is 14.1. The minimum absolute atomic E-state index is 0.0850. The lowest BCUT2D eigenvalue weighted by Gasteiger charge is -2.12. The number of nitrogens with two attached hydrogens (primary N) is 1. The van der Waals surface area contributed by atoms with E-state index < -0.39 is 5.82 Å². The predicted molar refractivity (Wildman–Crippen MR) is 75.2 cm³/mol. The molecule has 0 unspecified atom stereocenters. The highest BCUT2D eigenvalue weighted by molar-refractivity contribution is 6.32. The summed E-state index contributed by atoms with van der Waals surface area (Å²) in [5.41, 5.74) is 6.93. The van der Waals surface area contributed by atoms with Gasteiger partial charge in [-0.15, -0.1) is 0 Å². The third kappa shape index (κ3) is 3.00. The first-order valence-electron chi connectivity index (χ1n) is 5.72. The van der Waals surface area contributed by atoms with Crippen LogP contribution < -0.4 is 10.5 Å². The number of hydrogen-bond acceptors (Lipinski definition) is 3.